The van der Waals surface area contributed by atoms with Gasteiger partial charge in [-0.05, 0) is 67.2 Å². The van der Waals surface area contributed by atoms with E-state index in [0.29, 0.717) is 24.2 Å². The molecule has 0 saturated heterocycles. The molecule has 4 nitrogen and oxygen atoms in total. The largest absolute Gasteiger partial charge is 2.00 e. The maximum Gasteiger partial charge on any atom is 2.00 e. The molecular formula is C20H44MgN4+2. The molecule has 4 unspecified atom stereocenters. The summed E-state index contributed by atoms with van der Waals surface area (Å²) in [5.74, 6) is 2.14. The number of amidine groups is 2. The third kappa shape index (κ3) is 19.9. The van der Waals surface area contributed by atoms with E-state index in [1.165, 1.54) is 0 Å². The summed E-state index contributed by atoms with van der Waals surface area (Å²) in [7, 11) is 0. The fourth-order valence-electron chi connectivity index (χ4n) is 1.84. The van der Waals surface area contributed by atoms with Crippen molar-refractivity contribution in [3.63, 3.8) is 0 Å². The Morgan fingerprint density at radius 2 is 0.920 bits per heavy atom. The van der Waals surface area contributed by atoms with E-state index in [1.807, 2.05) is 13.8 Å². The molecule has 0 aromatic heterocycles. The van der Waals surface area contributed by atoms with E-state index in [2.05, 4.69) is 76.0 Å². The van der Waals surface area contributed by atoms with Crippen molar-refractivity contribution in [2.45, 2.75) is 119 Å². The molecule has 0 aliphatic heterocycles. The second-order valence-corrected chi connectivity index (χ2v) is 6.85. The van der Waals surface area contributed by atoms with Gasteiger partial charge in [-0.15, -0.1) is 0 Å². The quantitative estimate of drug-likeness (QED) is 0.378. The Hall–Kier alpha value is -0.294. The zero-order valence-corrected chi connectivity index (χ0v) is 20.2. The number of nitrogens with one attached hydrogen (secondary N) is 2. The molecule has 4 atom stereocenters. The zero-order valence-electron chi connectivity index (χ0n) is 18.7. The van der Waals surface area contributed by atoms with E-state index in [9.17, 15) is 0 Å². The number of hydrogen-bond donors (Lipinski definition) is 2. The van der Waals surface area contributed by atoms with Gasteiger partial charge in [0.2, 0.25) is 0 Å². The molecular weight excluding hydrogens is 321 g/mol. The summed E-state index contributed by atoms with van der Waals surface area (Å²) in [4.78, 5) is 6.69. The van der Waals surface area contributed by atoms with Crippen LogP contribution in [-0.4, -0.2) is 58.9 Å². The van der Waals surface area contributed by atoms with Crippen LogP contribution in [0.4, 0.5) is 0 Å². The van der Waals surface area contributed by atoms with Gasteiger partial charge in [-0.2, -0.15) is 0 Å². The minimum absolute atomic E-state index is 0. The number of hydrogen-bond acceptors (Lipinski definition) is 0. The van der Waals surface area contributed by atoms with Crippen LogP contribution in [0.1, 0.15) is 94.9 Å². The fraction of sp³-hybridized carbons (Fsp3) is 0.900. The molecule has 0 rings (SSSR count). The van der Waals surface area contributed by atoms with Crippen molar-refractivity contribution >= 4 is 34.7 Å². The molecule has 25 heavy (non-hydrogen) atoms. The van der Waals surface area contributed by atoms with Gasteiger partial charge < -0.3 is 9.98 Å². The van der Waals surface area contributed by atoms with Gasteiger partial charge in [0.05, 0.1) is 11.7 Å². The van der Waals surface area contributed by atoms with Crippen LogP contribution in [0.15, 0.2) is 0 Å². The molecule has 0 amide bonds. The van der Waals surface area contributed by atoms with E-state index in [1.54, 1.807) is 0 Å². The predicted octanol–water partition coefficient (Wildman–Crippen LogP) is 2.53. The average Bonchev–Trinajstić information content (AvgIpc) is 2.54. The van der Waals surface area contributed by atoms with E-state index >= 15 is 0 Å². The smallest absolute Gasteiger partial charge is 0.372 e. The maximum absolute atomic E-state index is 4.49. The Kier molecular flexibility index (Phi) is 21.8. The molecule has 0 aromatic rings. The van der Waals surface area contributed by atoms with Crippen LogP contribution in [0, 0.1) is 0 Å². The van der Waals surface area contributed by atoms with Gasteiger partial charge in [0.25, 0.3) is 0 Å². The molecule has 0 aromatic carbocycles. The third-order valence-corrected chi connectivity index (χ3v) is 4.15. The van der Waals surface area contributed by atoms with Crippen LogP contribution in [-0.2, 0) is 0 Å². The van der Waals surface area contributed by atoms with Crippen molar-refractivity contribution in [1.29, 1.82) is 0 Å². The second-order valence-electron chi connectivity index (χ2n) is 6.85. The van der Waals surface area contributed by atoms with Crippen molar-refractivity contribution in [2.24, 2.45) is 0 Å². The van der Waals surface area contributed by atoms with Crippen molar-refractivity contribution < 1.29 is 9.98 Å². The monoisotopic (exact) mass is 364 g/mol. The Morgan fingerprint density at radius 3 is 1.12 bits per heavy atom. The predicted molar refractivity (Wildman–Crippen MR) is 115 cm³/mol. The normalized spacial score (nSPS) is 16.6. The maximum atomic E-state index is 4.49. The molecule has 0 saturated carbocycles. The summed E-state index contributed by atoms with van der Waals surface area (Å²) in [6.45, 7) is 21.4. The molecule has 0 heterocycles. The zero-order chi connectivity index (χ0) is 19.1. The molecule has 0 spiro atoms. The van der Waals surface area contributed by atoms with Crippen molar-refractivity contribution in [3.05, 3.63) is 10.6 Å². The number of nitrogens with zero attached hydrogens (tertiary/aromatic N) is 2. The van der Waals surface area contributed by atoms with Gasteiger partial charge >= 0.3 is 23.1 Å². The van der Waals surface area contributed by atoms with Gasteiger partial charge in [0.1, 0.15) is 0 Å². The Morgan fingerprint density at radius 1 is 0.640 bits per heavy atom. The summed E-state index contributed by atoms with van der Waals surface area (Å²) >= 11 is 0. The van der Waals surface area contributed by atoms with E-state index in [-0.39, 0.29) is 23.1 Å². The Bertz CT molecular complexity index is 322. The second kappa shape index (κ2) is 18.5. The topological polar surface area (TPSA) is 56.1 Å². The fourth-order valence-corrected chi connectivity index (χ4v) is 1.84. The van der Waals surface area contributed by atoms with Gasteiger partial charge in [0.15, 0.2) is 0 Å². The first-order valence-corrected chi connectivity index (χ1v) is 9.81. The summed E-state index contributed by atoms with van der Waals surface area (Å²) in [6, 6.07) is 1.97. The van der Waals surface area contributed by atoms with Gasteiger partial charge in [-0.25, -0.2) is 0 Å². The number of rotatable bonds is 8. The molecule has 5 heteroatoms. The Balaban J connectivity index is -0.000000372. The minimum Gasteiger partial charge on any atom is -0.372 e. The summed E-state index contributed by atoms with van der Waals surface area (Å²) in [6.07, 6.45) is 4.51. The first kappa shape index (κ1) is 29.5. The molecule has 0 aliphatic carbocycles. The first-order chi connectivity index (χ1) is 11.2. The molecule has 2 N–H and O–H groups in total. The SMILES string of the molecule is CCC(C)[N-]C(C)=[NH+]C(C)CC.CCC(C)[N-]C(C)=[NH+]C(C)CC.[Mg+2]. The van der Waals surface area contributed by atoms with E-state index in [4.69, 9.17) is 0 Å². The molecule has 144 valence electrons. The third-order valence-electron chi connectivity index (χ3n) is 4.15. The summed E-state index contributed by atoms with van der Waals surface area (Å²) < 4.78 is 0. The van der Waals surface area contributed by atoms with Crippen molar-refractivity contribution in [3.8, 4) is 0 Å². The van der Waals surface area contributed by atoms with E-state index in [0.717, 1.165) is 37.4 Å². The summed E-state index contributed by atoms with van der Waals surface area (Å²) in [5.41, 5.74) is 0. The van der Waals surface area contributed by atoms with Crippen LogP contribution in [0.5, 0.6) is 0 Å². The molecule has 0 aliphatic rings. The van der Waals surface area contributed by atoms with Crippen LogP contribution in [0.3, 0.4) is 0 Å². The van der Waals surface area contributed by atoms with Crippen LogP contribution >= 0.6 is 0 Å². The summed E-state index contributed by atoms with van der Waals surface area (Å²) in [5, 5.41) is 8.98. The first-order valence-electron chi connectivity index (χ1n) is 9.81. The van der Waals surface area contributed by atoms with Gasteiger partial charge in [-0.1, -0.05) is 27.7 Å². The average molecular weight is 365 g/mol. The molecule has 0 fully saturated rings. The van der Waals surface area contributed by atoms with Crippen molar-refractivity contribution in [2.75, 3.05) is 0 Å². The molecule has 0 radical (unpaired) electrons. The van der Waals surface area contributed by atoms with Crippen LogP contribution in [0.25, 0.3) is 10.6 Å². The van der Waals surface area contributed by atoms with Crippen LogP contribution < -0.4 is 9.98 Å². The van der Waals surface area contributed by atoms with E-state index < -0.39 is 0 Å². The van der Waals surface area contributed by atoms with Gasteiger partial charge in [0, 0.05) is 24.2 Å². The molecule has 0 bridgehead atoms. The van der Waals surface area contributed by atoms with Gasteiger partial charge in [-0.3, -0.25) is 10.6 Å². The van der Waals surface area contributed by atoms with Crippen LogP contribution in [0.2, 0.25) is 0 Å². The minimum atomic E-state index is 0. The standard InChI is InChI=1S/2C10H21N2.Mg/c2*1-6-8(3)11-10(5)12-9(4)7-2;/h2*8-9H,6-7H2,1-5H3;/q2*-1;+2/p+2. The Labute approximate surface area is 174 Å². The van der Waals surface area contributed by atoms with Crippen molar-refractivity contribution in [1.82, 2.24) is 0 Å².